The second-order valence-electron chi connectivity index (χ2n) is 6.07. The highest BCUT2D eigenvalue weighted by Crippen LogP contribution is 2.40. The van der Waals surface area contributed by atoms with Crippen molar-refractivity contribution in [3.05, 3.63) is 24.3 Å². The molecule has 0 radical (unpaired) electrons. The number of rotatable bonds is 2. The second kappa shape index (κ2) is 5.85. The number of aliphatic hydroxyl groups excluding tert-OH is 1. The Labute approximate surface area is 129 Å². The summed E-state index contributed by atoms with van der Waals surface area (Å²) in [6, 6.07) is 6.04. The van der Waals surface area contributed by atoms with E-state index in [1.54, 1.807) is 12.1 Å². The molecule has 22 heavy (non-hydrogen) atoms. The minimum absolute atomic E-state index is 0.172. The van der Waals surface area contributed by atoms with Gasteiger partial charge in [-0.05, 0) is 43.2 Å². The van der Waals surface area contributed by atoms with E-state index in [9.17, 15) is 22.5 Å². The van der Waals surface area contributed by atoms with E-state index in [2.05, 4.69) is 0 Å². The van der Waals surface area contributed by atoms with Crippen LogP contribution in [0, 0.1) is 11.8 Å². The average Bonchev–Trinajstić information content (AvgIpc) is 2.88. The topological polar surface area (TPSA) is 40.5 Å². The summed E-state index contributed by atoms with van der Waals surface area (Å²) in [7, 11) is -3.02. The number of benzene rings is 1. The van der Waals surface area contributed by atoms with Gasteiger partial charge < -0.3 is 10.0 Å². The third kappa shape index (κ3) is 3.01. The molecule has 1 aliphatic carbocycles. The smallest absolute Gasteiger partial charge is 0.393 e. The highest BCUT2D eigenvalue weighted by atomic mass is 32.2. The molecule has 3 nitrogen and oxygen atoms in total. The Balaban J connectivity index is 1.86. The minimum Gasteiger partial charge on any atom is -0.393 e. The van der Waals surface area contributed by atoms with Gasteiger partial charge in [-0.3, -0.25) is 0 Å². The first-order valence-corrected chi connectivity index (χ1v) is 8.52. The van der Waals surface area contributed by atoms with Gasteiger partial charge in [0, 0.05) is 13.1 Å². The fourth-order valence-electron chi connectivity index (χ4n) is 3.60. The van der Waals surface area contributed by atoms with Gasteiger partial charge in [0.2, 0.25) is 0 Å². The van der Waals surface area contributed by atoms with Crippen molar-refractivity contribution < 1.29 is 22.5 Å². The zero-order valence-corrected chi connectivity index (χ0v) is 12.7. The van der Waals surface area contributed by atoms with Gasteiger partial charge in [-0.25, -0.2) is 4.21 Å². The van der Waals surface area contributed by atoms with E-state index in [1.165, 1.54) is 12.1 Å². The van der Waals surface area contributed by atoms with E-state index >= 15 is 0 Å². The van der Waals surface area contributed by atoms with Crippen LogP contribution in [-0.4, -0.2) is 34.0 Å². The number of hydrogen-bond acceptors (Lipinski definition) is 3. The van der Waals surface area contributed by atoms with E-state index in [-0.39, 0.29) is 11.0 Å². The van der Waals surface area contributed by atoms with Crippen LogP contribution in [-0.2, 0) is 10.8 Å². The zero-order valence-electron chi connectivity index (χ0n) is 11.9. The number of hydrogen-bond donors (Lipinski definition) is 1. The molecule has 1 heterocycles. The van der Waals surface area contributed by atoms with Gasteiger partial charge in [0.05, 0.1) is 16.7 Å². The lowest BCUT2D eigenvalue weighted by atomic mass is 9.80. The fourth-order valence-corrected chi connectivity index (χ4v) is 4.44. The fraction of sp³-hybridized carbons (Fsp3) is 0.600. The summed E-state index contributed by atoms with van der Waals surface area (Å²) in [5, 5.41) is 9.75. The second-order valence-corrected chi connectivity index (χ2v) is 7.51. The molecule has 1 unspecified atom stereocenters. The summed E-state index contributed by atoms with van der Waals surface area (Å²) in [6.07, 6.45) is 2.05. The normalized spacial score (nSPS) is 30.2. The molecule has 4 atom stereocenters. The van der Waals surface area contributed by atoms with E-state index < -0.39 is 16.3 Å². The number of halogens is 3. The molecule has 1 aromatic rings. The Bertz CT molecular complexity index is 578. The van der Waals surface area contributed by atoms with Crippen LogP contribution in [0.15, 0.2) is 29.2 Å². The van der Waals surface area contributed by atoms with Gasteiger partial charge in [0.25, 0.3) is 0 Å². The maximum atomic E-state index is 12.8. The zero-order chi connectivity index (χ0) is 15.9. The molecule has 1 saturated heterocycles. The van der Waals surface area contributed by atoms with Gasteiger partial charge in [0.15, 0.2) is 10.8 Å². The highest BCUT2D eigenvalue weighted by molar-refractivity contribution is 7.86. The molecular weight excluding hydrogens is 315 g/mol. The highest BCUT2D eigenvalue weighted by Gasteiger charge is 2.42. The monoisotopic (exact) mass is 333 g/mol. The van der Waals surface area contributed by atoms with Crippen LogP contribution in [0.2, 0.25) is 0 Å². The number of anilines is 1. The Hall–Kier alpha value is -1.08. The molecule has 1 saturated carbocycles. The van der Waals surface area contributed by atoms with Crippen LogP contribution in [0.4, 0.5) is 18.9 Å². The van der Waals surface area contributed by atoms with Crippen LogP contribution in [0.3, 0.4) is 0 Å². The van der Waals surface area contributed by atoms with Crippen molar-refractivity contribution in [2.45, 2.75) is 35.8 Å². The van der Waals surface area contributed by atoms with E-state index in [0.717, 1.165) is 12.8 Å². The molecule has 3 rings (SSSR count). The summed E-state index contributed by atoms with van der Waals surface area (Å²) in [6.45, 7) is 1.29. The van der Waals surface area contributed by atoms with Gasteiger partial charge in [0.1, 0.15) is 0 Å². The van der Waals surface area contributed by atoms with Gasteiger partial charge in [-0.15, -0.1) is 0 Å². The molecule has 7 heteroatoms. The van der Waals surface area contributed by atoms with Crippen molar-refractivity contribution in [3.63, 3.8) is 0 Å². The molecular formula is C15H18F3NO2S. The van der Waals surface area contributed by atoms with E-state index in [0.29, 0.717) is 37.0 Å². The summed E-state index contributed by atoms with van der Waals surface area (Å²) in [5.41, 5.74) is -4.35. The third-order valence-electron chi connectivity index (χ3n) is 4.64. The molecule has 1 aliphatic heterocycles. The van der Waals surface area contributed by atoms with Crippen molar-refractivity contribution >= 4 is 16.5 Å². The van der Waals surface area contributed by atoms with Crippen LogP contribution >= 0.6 is 0 Å². The number of nitrogens with zero attached hydrogens (tertiary/aromatic N) is 1. The van der Waals surface area contributed by atoms with Crippen LogP contribution in [0.5, 0.6) is 0 Å². The SMILES string of the molecule is O=S(c1ccccc1N1C[C@H]2CC[C@@H](O)C[C@H]2C1)C(F)(F)F. The lowest BCUT2D eigenvalue weighted by Crippen LogP contribution is -2.26. The summed E-state index contributed by atoms with van der Waals surface area (Å²) >= 11 is 0. The quantitative estimate of drug-likeness (QED) is 0.905. The maximum absolute atomic E-state index is 12.8. The Kier molecular flexibility index (Phi) is 4.20. The van der Waals surface area contributed by atoms with Crippen molar-refractivity contribution in [1.29, 1.82) is 0 Å². The lowest BCUT2D eigenvalue weighted by molar-refractivity contribution is -0.0384. The first kappa shape index (κ1) is 15.8. The molecule has 122 valence electrons. The van der Waals surface area contributed by atoms with Crippen molar-refractivity contribution in [2.24, 2.45) is 11.8 Å². The molecule has 2 fully saturated rings. The number of alkyl halides is 3. The number of para-hydroxylation sites is 1. The predicted molar refractivity (Wildman–Crippen MR) is 78.0 cm³/mol. The van der Waals surface area contributed by atoms with Crippen LogP contribution in [0.1, 0.15) is 19.3 Å². The van der Waals surface area contributed by atoms with E-state index in [4.69, 9.17) is 0 Å². The molecule has 0 aromatic heterocycles. The van der Waals surface area contributed by atoms with Gasteiger partial charge in [-0.2, -0.15) is 13.2 Å². The largest absolute Gasteiger partial charge is 0.475 e. The predicted octanol–water partition coefficient (Wildman–Crippen LogP) is 2.91. The average molecular weight is 333 g/mol. The molecule has 0 amide bonds. The molecule has 0 bridgehead atoms. The summed E-state index contributed by atoms with van der Waals surface area (Å²) in [4.78, 5) is 1.72. The third-order valence-corrected chi connectivity index (χ3v) is 5.80. The molecule has 0 spiro atoms. The maximum Gasteiger partial charge on any atom is 0.475 e. The van der Waals surface area contributed by atoms with Crippen molar-refractivity contribution in [1.82, 2.24) is 0 Å². The molecule has 1 N–H and O–H groups in total. The standard InChI is InChI=1S/C15H18F3NO2S/c16-15(17,18)22(21)14-4-2-1-3-13(14)19-8-10-5-6-12(20)7-11(10)9-19/h1-4,10-12,20H,5-9H2/t10-,11+,12-,22?/m1/s1. The molecule has 1 aromatic carbocycles. The molecule has 2 aliphatic rings. The van der Waals surface area contributed by atoms with Gasteiger partial charge in [-0.1, -0.05) is 12.1 Å². The first-order valence-electron chi connectivity index (χ1n) is 7.37. The van der Waals surface area contributed by atoms with Crippen LogP contribution in [0.25, 0.3) is 0 Å². The number of aliphatic hydroxyl groups is 1. The summed E-state index contributed by atoms with van der Waals surface area (Å²) < 4.78 is 50.1. The Morgan fingerprint density at radius 3 is 2.55 bits per heavy atom. The van der Waals surface area contributed by atoms with Crippen molar-refractivity contribution in [3.8, 4) is 0 Å². The van der Waals surface area contributed by atoms with Crippen molar-refractivity contribution in [2.75, 3.05) is 18.0 Å². The van der Waals surface area contributed by atoms with E-state index in [1.807, 2.05) is 4.90 Å². The Morgan fingerprint density at radius 2 is 1.82 bits per heavy atom. The van der Waals surface area contributed by atoms with Crippen LogP contribution < -0.4 is 4.90 Å². The first-order chi connectivity index (χ1) is 10.4. The number of fused-ring (bicyclic) bond motifs is 1. The minimum atomic E-state index is -4.75. The lowest BCUT2D eigenvalue weighted by Gasteiger charge is -2.27. The van der Waals surface area contributed by atoms with Gasteiger partial charge >= 0.3 is 5.51 Å². The summed E-state index contributed by atoms with van der Waals surface area (Å²) in [5.74, 6) is 0.701. The Morgan fingerprint density at radius 1 is 1.14 bits per heavy atom.